The molecule has 0 N–H and O–H groups in total. The Labute approximate surface area is 137 Å². The SMILES string of the molecule is C=C(c1ccc(F)cc1)c1ccc2c(c1)CC([C@@H](C)C(=C)C)=C2. The van der Waals surface area contributed by atoms with Gasteiger partial charge in [-0.05, 0) is 59.2 Å². The van der Waals surface area contributed by atoms with Gasteiger partial charge in [0, 0.05) is 0 Å². The summed E-state index contributed by atoms with van der Waals surface area (Å²) in [5, 5.41) is 0. The number of allylic oxidation sites excluding steroid dienone is 2. The third-order valence-corrected chi connectivity index (χ3v) is 4.71. The van der Waals surface area contributed by atoms with E-state index < -0.39 is 0 Å². The van der Waals surface area contributed by atoms with E-state index in [4.69, 9.17) is 0 Å². The fourth-order valence-electron chi connectivity index (χ4n) is 2.97. The van der Waals surface area contributed by atoms with Crippen LogP contribution in [0.2, 0.25) is 0 Å². The molecule has 2 aromatic carbocycles. The zero-order chi connectivity index (χ0) is 16.6. The molecule has 0 nitrogen and oxygen atoms in total. The van der Waals surface area contributed by atoms with E-state index in [1.165, 1.54) is 34.4 Å². The predicted molar refractivity (Wildman–Crippen MR) is 96.6 cm³/mol. The number of hydrogen-bond donors (Lipinski definition) is 0. The summed E-state index contributed by atoms with van der Waals surface area (Å²) in [7, 11) is 0. The molecule has 0 saturated carbocycles. The van der Waals surface area contributed by atoms with Gasteiger partial charge in [-0.15, -0.1) is 0 Å². The lowest BCUT2D eigenvalue weighted by atomic mass is 9.92. The van der Waals surface area contributed by atoms with Gasteiger partial charge < -0.3 is 0 Å². The molecule has 0 unspecified atom stereocenters. The molecule has 0 spiro atoms. The van der Waals surface area contributed by atoms with Crippen molar-refractivity contribution in [2.75, 3.05) is 0 Å². The van der Waals surface area contributed by atoms with Crippen LogP contribution in [-0.4, -0.2) is 0 Å². The van der Waals surface area contributed by atoms with Crippen molar-refractivity contribution >= 4 is 11.6 Å². The van der Waals surface area contributed by atoms with Crippen molar-refractivity contribution in [1.82, 2.24) is 0 Å². The van der Waals surface area contributed by atoms with Crippen molar-refractivity contribution in [3.63, 3.8) is 0 Å². The first-order valence-corrected chi connectivity index (χ1v) is 7.89. The monoisotopic (exact) mass is 304 g/mol. The molecule has 0 radical (unpaired) electrons. The number of halogens is 1. The summed E-state index contributed by atoms with van der Waals surface area (Å²) in [4.78, 5) is 0. The summed E-state index contributed by atoms with van der Waals surface area (Å²) in [5.41, 5.74) is 8.18. The van der Waals surface area contributed by atoms with Crippen LogP contribution in [0.15, 0.2) is 66.8 Å². The molecule has 0 amide bonds. The molecule has 0 aliphatic heterocycles. The molecule has 2 aromatic rings. The van der Waals surface area contributed by atoms with Crippen molar-refractivity contribution in [2.45, 2.75) is 20.3 Å². The Morgan fingerprint density at radius 2 is 1.70 bits per heavy atom. The Morgan fingerprint density at radius 1 is 1.04 bits per heavy atom. The van der Waals surface area contributed by atoms with Gasteiger partial charge in [-0.2, -0.15) is 0 Å². The molecule has 0 bridgehead atoms. The Kier molecular flexibility index (Phi) is 4.04. The van der Waals surface area contributed by atoms with Crippen molar-refractivity contribution < 1.29 is 4.39 Å². The summed E-state index contributed by atoms with van der Waals surface area (Å²) < 4.78 is 13.1. The number of rotatable bonds is 4. The van der Waals surface area contributed by atoms with E-state index in [2.05, 4.69) is 51.3 Å². The average Bonchev–Trinajstić information content (AvgIpc) is 2.97. The van der Waals surface area contributed by atoms with Gasteiger partial charge in [-0.3, -0.25) is 0 Å². The van der Waals surface area contributed by atoms with Crippen molar-refractivity contribution in [2.24, 2.45) is 5.92 Å². The average molecular weight is 304 g/mol. The van der Waals surface area contributed by atoms with Gasteiger partial charge in [0.15, 0.2) is 0 Å². The molecular formula is C22H21F. The highest BCUT2D eigenvalue weighted by Gasteiger charge is 2.18. The number of fused-ring (bicyclic) bond motifs is 1. The van der Waals surface area contributed by atoms with E-state index in [-0.39, 0.29) is 5.82 Å². The van der Waals surface area contributed by atoms with Crippen LogP contribution in [0, 0.1) is 11.7 Å². The summed E-state index contributed by atoms with van der Waals surface area (Å²) >= 11 is 0. The minimum absolute atomic E-state index is 0.224. The maximum Gasteiger partial charge on any atom is 0.123 e. The van der Waals surface area contributed by atoms with E-state index in [1.807, 2.05) is 0 Å². The second-order valence-electron chi connectivity index (χ2n) is 6.36. The van der Waals surface area contributed by atoms with Crippen LogP contribution in [-0.2, 0) is 6.42 Å². The van der Waals surface area contributed by atoms with Crippen LogP contribution in [0.25, 0.3) is 11.6 Å². The molecule has 0 saturated heterocycles. The summed E-state index contributed by atoms with van der Waals surface area (Å²) in [6.07, 6.45) is 3.24. The van der Waals surface area contributed by atoms with Crippen molar-refractivity contribution in [1.29, 1.82) is 0 Å². The molecular weight excluding hydrogens is 283 g/mol. The Balaban J connectivity index is 1.86. The summed E-state index contributed by atoms with van der Waals surface area (Å²) in [6, 6.07) is 12.9. The first-order chi connectivity index (χ1) is 11.0. The standard InChI is InChI=1S/C22H21F/c1-14(2)15(3)20-12-19-6-5-18(11-21(19)13-20)16(4)17-7-9-22(23)10-8-17/h5-12,15H,1,4,13H2,2-3H3/t15-/m0/s1. The van der Waals surface area contributed by atoms with Crippen LogP contribution in [0.5, 0.6) is 0 Å². The van der Waals surface area contributed by atoms with Gasteiger partial charge in [-0.1, -0.05) is 67.6 Å². The van der Waals surface area contributed by atoms with Crippen LogP contribution in [0.1, 0.15) is 36.1 Å². The normalized spacial score (nSPS) is 14.1. The molecule has 3 rings (SSSR count). The first kappa shape index (κ1) is 15.5. The highest BCUT2D eigenvalue weighted by atomic mass is 19.1. The topological polar surface area (TPSA) is 0 Å². The molecule has 116 valence electrons. The van der Waals surface area contributed by atoms with Gasteiger partial charge >= 0.3 is 0 Å². The van der Waals surface area contributed by atoms with E-state index in [1.54, 1.807) is 12.1 Å². The molecule has 0 aromatic heterocycles. The highest BCUT2D eigenvalue weighted by molar-refractivity contribution is 5.80. The van der Waals surface area contributed by atoms with E-state index >= 15 is 0 Å². The quantitative estimate of drug-likeness (QED) is 0.604. The molecule has 1 aliphatic rings. The molecule has 0 heterocycles. The number of hydrogen-bond acceptors (Lipinski definition) is 0. The predicted octanol–water partition coefficient (Wildman–Crippen LogP) is 6.04. The van der Waals surface area contributed by atoms with E-state index in [0.29, 0.717) is 5.92 Å². The van der Waals surface area contributed by atoms with Gasteiger partial charge in [0.2, 0.25) is 0 Å². The molecule has 1 heteroatoms. The lowest BCUT2D eigenvalue weighted by molar-refractivity contribution is 0.627. The molecule has 1 aliphatic carbocycles. The minimum atomic E-state index is -0.224. The van der Waals surface area contributed by atoms with E-state index in [0.717, 1.165) is 23.1 Å². The van der Waals surface area contributed by atoms with Gasteiger partial charge in [0.1, 0.15) is 5.82 Å². The molecule has 23 heavy (non-hydrogen) atoms. The Morgan fingerprint density at radius 3 is 2.35 bits per heavy atom. The molecule has 0 fully saturated rings. The highest BCUT2D eigenvalue weighted by Crippen LogP contribution is 2.34. The van der Waals surface area contributed by atoms with Crippen LogP contribution in [0.3, 0.4) is 0 Å². The third-order valence-electron chi connectivity index (χ3n) is 4.71. The van der Waals surface area contributed by atoms with Gasteiger partial charge in [-0.25, -0.2) is 4.39 Å². The Bertz CT molecular complexity index is 806. The van der Waals surface area contributed by atoms with Gasteiger partial charge in [0.05, 0.1) is 0 Å². The minimum Gasteiger partial charge on any atom is -0.207 e. The largest absolute Gasteiger partial charge is 0.207 e. The first-order valence-electron chi connectivity index (χ1n) is 7.89. The van der Waals surface area contributed by atoms with Crippen LogP contribution in [0.4, 0.5) is 4.39 Å². The van der Waals surface area contributed by atoms with Gasteiger partial charge in [0.25, 0.3) is 0 Å². The third kappa shape index (κ3) is 3.05. The van der Waals surface area contributed by atoms with Crippen LogP contribution < -0.4 is 0 Å². The number of benzene rings is 2. The second kappa shape index (κ2) is 6.00. The summed E-state index contributed by atoms with van der Waals surface area (Å²) in [6.45, 7) is 12.5. The van der Waals surface area contributed by atoms with Crippen molar-refractivity contribution in [3.05, 3.63) is 94.8 Å². The van der Waals surface area contributed by atoms with Crippen LogP contribution >= 0.6 is 0 Å². The maximum absolute atomic E-state index is 13.1. The Hall–Kier alpha value is -2.41. The smallest absolute Gasteiger partial charge is 0.123 e. The maximum atomic E-state index is 13.1. The van der Waals surface area contributed by atoms with Crippen molar-refractivity contribution in [3.8, 4) is 0 Å². The lowest BCUT2D eigenvalue weighted by Gasteiger charge is -2.12. The molecule has 1 atom stereocenters. The zero-order valence-corrected chi connectivity index (χ0v) is 13.7. The zero-order valence-electron chi connectivity index (χ0n) is 13.7. The fourth-order valence-corrected chi connectivity index (χ4v) is 2.97. The fraction of sp³-hybridized carbons (Fsp3) is 0.182. The van der Waals surface area contributed by atoms with E-state index in [9.17, 15) is 4.39 Å². The summed E-state index contributed by atoms with van der Waals surface area (Å²) in [5.74, 6) is 0.185. The second-order valence-corrected chi connectivity index (χ2v) is 6.36. The lowest BCUT2D eigenvalue weighted by Crippen LogP contribution is -2.00.